The predicted octanol–water partition coefficient (Wildman–Crippen LogP) is 4.71. The number of pyridine rings is 1. The highest BCUT2D eigenvalue weighted by Gasteiger charge is 2.38. The van der Waals surface area contributed by atoms with Gasteiger partial charge in [-0.1, -0.05) is 0 Å². The van der Waals surface area contributed by atoms with Gasteiger partial charge in [-0.05, 0) is 24.6 Å². The van der Waals surface area contributed by atoms with Crippen LogP contribution in [0.4, 0.5) is 19.2 Å². The molecule has 0 radical (unpaired) electrons. The van der Waals surface area contributed by atoms with Gasteiger partial charge in [0.2, 0.25) is 5.88 Å². The number of halogens is 3. The fourth-order valence-corrected chi connectivity index (χ4v) is 4.77. The molecule has 3 saturated heterocycles. The fraction of sp³-hybridized carbons (Fsp3) is 0.286. The van der Waals surface area contributed by atoms with Gasteiger partial charge in [0.05, 0.1) is 11.1 Å². The Morgan fingerprint density at radius 1 is 1.12 bits per heavy atom. The molecule has 7 nitrogen and oxygen atoms in total. The van der Waals surface area contributed by atoms with Gasteiger partial charge in [0.15, 0.2) is 16.8 Å². The molecule has 7 rings (SSSR count). The Balaban J connectivity index is 1.39. The van der Waals surface area contributed by atoms with Gasteiger partial charge in [-0.3, -0.25) is 0 Å². The number of oxazole rings is 1. The molecular weight excluding hydrogens is 443 g/mol. The highest BCUT2D eigenvalue weighted by atomic mass is 32.1. The number of hydrogen-bond donors (Lipinski definition) is 1. The van der Waals surface area contributed by atoms with Crippen molar-refractivity contribution < 1.29 is 22.3 Å². The van der Waals surface area contributed by atoms with Gasteiger partial charge in [-0.25, -0.2) is 9.97 Å². The summed E-state index contributed by atoms with van der Waals surface area (Å²) in [7, 11) is 0. The lowest BCUT2D eigenvalue weighted by molar-refractivity contribution is -0.137. The maximum absolute atomic E-state index is 12.8. The number of benzene rings is 1. The Morgan fingerprint density at radius 2 is 1.94 bits per heavy atom. The lowest BCUT2D eigenvalue weighted by Crippen LogP contribution is -2.67. The summed E-state index contributed by atoms with van der Waals surface area (Å²) in [6, 6.07) is 6.98. The highest BCUT2D eigenvalue weighted by Crippen LogP contribution is 2.40. The molecule has 3 aromatic heterocycles. The van der Waals surface area contributed by atoms with Crippen LogP contribution in [0.25, 0.3) is 21.7 Å². The number of fused-ring (bicyclic) bond motifs is 3. The Kier molecular flexibility index (Phi) is 4.37. The van der Waals surface area contributed by atoms with Crippen LogP contribution in [0.3, 0.4) is 0 Å². The average molecular weight is 459 g/mol. The molecule has 32 heavy (non-hydrogen) atoms. The quantitative estimate of drug-likeness (QED) is 0.474. The molecule has 164 valence electrons. The van der Waals surface area contributed by atoms with Crippen LogP contribution in [0.1, 0.15) is 12.0 Å². The molecule has 3 aliphatic rings. The molecule has 11 heteroatoms. The minimum absolute atomic E-state index is 0.0364. The van der Waals surface area contributed by atoms with Crippen LogP contribution in [0.5, 0.6) is 11.6 Å². The largest absolute Gasteiger partial charge is 0.437 e. The lowest BCUT2D eigenvalue weighted by atomic mass is 9.92. The monoisotopic (exact) mass is 459 g/mol. The smallest absolute Gasteiger partial charge is 0.417 e. The SMILES string of the molecule is FC(F)(F)c1ccc(Oc2ccc(-c3nccs3)c3oc(N4CC5CC(C4)N5)nc23)nc1. The third-order valence-corrected chi connectivity index (χ3v) is 6.44. The number of ether oxygens (including phenoxy) is 1. The van der Waals surface area contributed by atoms with Crippen molar-refractivity contribution in [2.75, 3.05) is 18.0 Å². The van der Waals surface area contributed by atoms with Gasteiger partial charge in [0.25, 0.3) is 6.01 Å². The first-order chi connectivity index (χ1) is 15.4. The number of alkyl halides is 3. The molecule has 6 heterocycles. The first kappa shape index (κ1) is 19.5. The van der Waals surface area contributed by atoms with E-state index in [4.69, 9.17) is 14.1 Å². The number of thiazole rings is 1. The molecule has 1 aromatic carbocycles. The van der Waals surface area contributed by atoms with Crippen molar-refractivity contribution in [2.24, 2.45) is 0 Å². The van der Waals surface area contributed by atoms with Crippen LogP contribution in [0.15, 0.2) is 46.5 Å². The number of hydrogen-bond acceptors (Lipinski definition) is 8. The zero-order valence-corrected chi connectivity index (χ0v) is 17.3. The normalized spacial score (nSPS) is 20.4. The third kappa shape index (κ3) is 3.37. The third-order valence-electron chi connectivity index (χ3n) is 5.63. The number of nitrogens with one attached hydrogen (secondary N) is 1. The molecule has 3 aliphatic heterocycles. The maximum atomic E-state index is 12.8. The zero-order chi connectivity index (χ0) is 21.9. The molecule has 0 spiro atoms. The molecular formula is C21H16F3N5O2S. The number of piperazine rings is 1. The van der Waals surface area contributed by atoms with E-state index in [1.807, 2.05) is 11.4 Å². The van der Waals surface area contributed by atoms with E-state index >= 15 is 0 Å². The summed E-state index contributed by atoms with van der Waals surface area (Å²) in [5.41, 5.74) is 0.935. The van der Waals surface area contributed by atoms with Gasteiger partial charge in [0, 0.05) is 49.0 Å². The topological polar surface area (TPSA) is 76.3 Å². The minimum atomic E-state index is -4.46. The van der Waals surface area contributed by atoms with Gasteiger partial charge >= 0.3 is 6.18 Å². The van der Waals surface area contributed by atoms with Gasteiger partial charge < -0.3 is 19.4 Å². The van der Waals surface area contributed by atoms with Crippen molar-refractivity contribution in [2.45, 2.75) is 24.7 Å². The molecule has 0 aliphatic carbocycles. The van der Waals surface area contributed by atoms with Gasteiger partial charge in [0.1, 0.15) is 5.01 Å². The van der Waals surface area contributed by atoms with E-state index in [0.717, 1.165) is 42.3 Å². The number of rotatable bonds is 4. The highest BCUT2D eigenvalue weighted by molar-refractivity contribution is 7.13. The summed E-state index contributed by atoms with van der Waals surface area (Å²) in [6.45, 7) is 1.60. The zero-order valence-electron chi connectivity index (χ0n) is 16.5. The van der Waals surface area contributed by atoms with Gasteiger partial charge in [-0.15, -0.1) is 11.3 Å². The summed E-state index contributed by atoms with van der Waals surface area (Å²) in [5.74, 6) is 0.386. The minimum Gasteiger partial charge on any atom is -0.437 e. The second-order valence-electron chi connectivity index (χ2n) is 7.81. The van der Waals surface area contributed by atoms with Crippen LogP contribution in [0.2, 0.25) is 0 Å². The van der Waals surface area contributed by atoms with Crippen LogP contribution < -0.4 is 15.0 Å². The van der Waals surface area contributed by atoms with Crippen LogP contribution in [0, 0.1) is 0 Å². The molecule has 0 saturated carbocycles. The van der Waals surface area contributed by atoms with E-state index < -0.39 is 11.7 Å². The summed E-state index contributed by atoms with van der Waals surface area (Å²) < 4.78 is 50.5. The first-order valence-corrected chi connectivity index (χ1v) is 10.9. The molecule has 2 unspecified atom stereocenters. The van der Waals surface area contributed by atoms with E-state index in [0.29, 0.717) is 34.9 Å². The molecule has 0 amide bonds. The van der Waals surface area contributed by atoms with Crippen molar-refractivity contribution in [3.8, 4) is 22.2 Å². The van der Waals surface area contributed by atoms with Crippen molar-refractivity contribution >= 4 is 28.5 Å². The van der Waals surface area contributed by atoms with E-state index in [1.54, 1.807) is 12.3 Å². The van der Waals surface area contributed by atoms with Crippen LogP contribution >= 0.6 is 11.3 Å². The molecule has 3 fully saturated rings. The fourth-order valence-electron chi connectivity index (χ4n) is 4.11. The summed E-state index contributed by atoms with van der Waals surface area (Å²) in [5, 5.41) is 6.12. The van der Waals surface area contributed by atoms with Crippen LogP contribution in [-0.2, 0) is 6.18 Å². The Bertz CT molecular complexity index is 1260. The van der Waals surface area contributed by atoms with Crippen molar-refractivity contribution in [3.05, 3.63) is 47.6 Å². The second kappa shape index (κ2) is 7.17. The number of aromatic nitrogens is 3. The number of nitrogens with zero attached hydrogens (tertiary/aromatic N) is 4. The standard InChI is InChI=1S/C21H16F3N5O2S/c22-21(23,24)11-1-4-16(26-8-11)30-15-3-2-14(19-25-5-6-32-19)18-17(15)28-20(31-18)29-9-12-7-13(10-29)27-12/h1-6,8,12-13,27H,7,9-10H2. The van der Waals surface area contributed by atoms with E-state index in [-0.39, 0.29) is 5.88 Å². The average Bonchev–Trinajstić information content (AvgIpc) is 3.44. The van der Waals surface area contributed by atoms with Crippen molar-refractivity contribution in [1.29, 1.82) is 0 Å². The Labute approximate surface area is 183 Å². The summed E-state index contributed by atoms with van der Waals surface area (Å²) >= 11 is 1.47. The molecule has 4 aromatic rings. The summed E-state index contributed by atoms with van der Waals surface area (Å²) in [4.78, 5) is 15.0. The maximum Gasteiger partial charge on any atom is 0.417 e. The first-order valence-electron chi connectivity index (χ1n) is 9.99. The predicted molar refractivity (Wildman–Crippen MR) is 112 cm³/mol. The van der Waals surface area contributed by atoms with E-state index in [2.05, 4.69) is 20.2 Å². The van der Waals surface area contributed by atoms with E-state index in [1.165, 1.54) is 17.4 Å². The Morgan fingerprint density at radius 3 is 2.59 bits per heavy atom. The molecule has 1 N–H and O–H groups in total. The van der Waals surface area contributed by atoms with Crippen molar-refractivity contribution in [3.63, 3.8) is 0 Å². The number of anilines is 1. The second-order valence-corrected chi connectivity index (χ2v) is 8.70. The van der Waals surface area contributed by atoms with Crippen LogP contribution in [-0.4, -0.2) is 40.1 Å². The number of piperidine rings is 1. The Hall–Kier alpha value is -3.18. The van der Waals surface area contributed by atoms with E-state index in [9.17, 15) is 13.2 Å². The molecule has 2 atom stereocenters. The van der Waals surface area contributed by atoms with Gasteiger partial charge in [-0.2, -0.15) is 18.2 Å². The summed E-state index contributed by atoms with van der Waals surface area (Å²) in [6.07, 6.45) is -0.852. The molecule has 2 bridgehead atoms. The lowest BCUT2D eigenvalue weighted by Gasteiger charge is -2.47. The van der Waals surface area contributed by atoms with Crippen molar-refractivity contribution in [1.82, 2.24) is 20.3 Å².